The lowest BCUT2D eigenvalue weighted by atomic mass is 10.1. The zero-order valence-electron chi connectivity index (χ0n) is 11.3. The van der Waals surface area contributed by atoms with E-state index in [0.717, 1.165) is 4.47 Å². The minimum atomic E-state index is -0.0610. The van der Waals surface area contributed by atoms with Crippen LogP contribution < -0.4 is 10.1 Å². The second-order valence-electron chi connectivity index (χ2n) is 4.52. The summed E-state index contributed by atoms with van der Waals surface area (Å²) < 4.78 is 6.35. The summed E-state index contributed by atoms with van der Waals surface area (Å²) in [6.45, 7) is 5.54. The quantitative estimate of drug-likeness (QED) is 0.817. The summed E-state index contributed by atoms with van der Waals surface area (Å²) in [6.07, 6.45) is 0.266. The first kappa shape index (κ1) is 15.7. The van der Waals surface area contributed by atoms with Gasteiger partial charge in [-0.15, -0.1) is 0 Å². The van der Waals surface area contributed by atoms with Crippen molar-refractivity contribution in [3.05, 3.63) is 28.2 Å². The van der Waals surface area contributed by atoms with Gasteiger partial charge in [-0.05, 0) is 39.0 Å². The van der Waals surface area contributed by atoms with E-state index < -0.39 is 0 Å². The number of nitrogens with one attached hydrogen (secondary N) is 1. The molecule has 1 aromatic carbocycles. The summed E-state index contributed by atoms with van der Waals surface area (Å²) in [6, 6.07) is 5.34. The maximum Gasteiger partial charge on any atom is 0.223 e. The van der Waals surface area contributed by atoms with Crippen molar-refractivity contribution in [2.75, 3.05) is 6.61 Å². The first-order valence-corrected chi connectivity index (χ1v) is 6.92. The molecule has 0 unspecified atom stereocenters. The van der Waals surface area contributed by atoms with Gasteiger partial charge in [-0.3, -0.25) is 9.59 Å². The van der Waals surface area contributed by atoms with Crippen LogP contribution in [0.1, 0.15) is 37.6 Å². The summed E-state index contributed by atoms with van der Waals surface area (Å²) in [5.41, 5.74) is 0.521. The molecule has 0 radical (unpaired) electrons. The normalized spacial score (nSPS) is 10.4. The van der Waals surface area contributed by atoms with E-state index in [2.05, 4.69) is 21.2 Å². The van der Waals surface area contributed by atoms with E-state index in [4.69, 9.17) is 4.74 Å². The van der Waals surface area contributed by atoms with Gasteiger partial charge < -0.3 is 10.1 Å². The summed E-state index contributed by atoms with van der Waals surface area (Å²) >= 11 is 3.33. The first-order chi connectivity index (χ1) is 8.90. The molecular formula is C14H18BrNO3. The van der Waals surface area contributed by atoms with Gasteiger partial charge in [-0.2, -0.15) is 0 Å². The van der Waals surface area contributed by atoms with Crippen LogP contribution in [0.2, 0.25) is 0 Å². The fourth-order valence-electron chi connectivity index (χ4n) is 1.55. The number of Topliss-reactive ketones (excluding diaryl/α,β-unsaturated/α-hetero) is 1. The fourth-order valence-corrected chi connectivity index (χ4v) is 1.89. The van der Waals surface area contributed by atoms with Crippen molar-refractivity contribution in [2.24, 2.45) is 0 Å². The minimum absolute atomic E-state index is 0.0608. The molecule has 4 nitrogen and oxygen atoms in total. The van der Waals surface area contributed by atoms with Crippen molar-refractivity contribution >= 4 is 27.6 Å². The molecule has 0 aliphatic heterocycles. The molecule has 0 heterocycles. The Balaban J connectivity index is 2.60. The summed E-state index contributed by atoms with van der Waals surface area (Å²) in [4.78, 5) is 22.9. The van der Waals surface area contributed by atoms with Crippen LogP contribution >= 0.6 is 15.9 Å². The van der Waals surface area contributed by atoms with Gasteiger partial charge in [0.15, 0.2) is 5.78 Å². The number of carbonyl (C=O) groups is 2. The number of amides is 1. The molecule has 0 saturated heterocycles. The Labute approximate surface area is 121 Å². The van der Waals surface area contributed by atoms with E-state index in [1.54, 1.807) is 18.2 Å². The van der Waals surface area contributed by atoms with E-state index >= 15 is 0 Å². The second kappa shape index (κ2) is 7.28. The highest BCUT2D eigenvalue weighted by Crippen LogP contribution is 2.24. The molecule has 5 heteroatoms. The maximum atomic E-state index is 11.5. The van der Waals surface area contributed by atoms with Crippen LogP contribution in [0, 0.1) is 0 Å². The molecule has 1 rings (SSSR count). The van der Waals surface area contributed by atoms with Crippen molar-refractivity contribution < 1.29 is 14.3 Å². The highest BCUT2D eigenvalue weighted by molar-refractivity contribution is 9.10. The molecule has 0 bridgehead atoms. The molecule has 0 fully saturated rings. The average Bonchev–Trinajstić information content (AvgIpc) is 2.27. The molecule has 0 aliphatic rings. The van der Waals surface area contributed by atoms with Gasteiger partial charge in [0.2, 0.25) is 5.91 Å². The third kappa shape index (κ3) is 5.42. The number of ketones is 1. The number of ether oxygens (including phenoxy) is 1. The molecule has 0 saturated carbocycles. The molecule has 19 heavy (non-hydrogen) atoms. The first-order valence-electron chi connectivity index (χ1n) is 6.12. The largest absolute Gasteiger partial charge is 0.492 e. The van der Waals surface area contributed by atoms with E-state index in [-0.39, 0.29) is 30.8 Å². The predicted molar refractivity (Wildman–Crippen MR) is 77.5 cm³/mol. The Kier molecular flexibility index (Phi) is 6.02. The Hall–Kier alpha value is -1.36. The Morgan fingerprint density at radius 1 is 1.37 bits per heavy atom. The van der Waals surface area contributed by atoms with Crippen LogP contribution in [0.3, 0.4) is 0 Å². The van der Waals surface area contributed by atoms with Crippen LogP contribution in [-0.2, 0) is 4.79 Å². The zero-order valence-corrected chi connectivity index (χ0v) is 12.9. The highest BCUT2D eigenvalue weighted by atomic mass is 79.9. The standard InChI is InChI=1S/C14H18BrNO3/c1-9(2)16-14(18)6-7-19-13-8-11(15)4-5-12(13)10(3)17/h4-5,8-9H,6-7H2,1-3H3,(H,16,18). The minimum Gasteiger partial charge on any atom is -0.492 e. The fraction of sp³-hybridized carbons (Fsp3) is 0.429. The molecule has 1 aromatic rings. The summed E-state index contributed by atoms with van der Waals surface area (Å²) in [5.74, 6) is 0.378. The van der Waals surface area contributed by atoms with Gasteiger partial charge in [-0.1, -0.05) is 15.9 Å². The number of rotatable bonds is 6. The molecule has 0 aromatic heterocycles. The van der Waals surface area contributed by atoms with Gasteiger partial charge >= 0.3 is 0 Å². The molecular weight excluding hydrogens is 310 g/mol. The predicted octanol–water partition coefficient (Wildman–Crippen LogP) is 2.95. The maximum absolute atomic E-state index is 11.5. The Morgan fingerprint density at radius 3 is 2.63 bits per heavy atom. The van der Waals surface area contributed by atoms with Crippen molar-refractivity contribution in [1.29, 1.82) is 0 Å². The molecule has 1 amide bonds. The van der Waals surface area contributed by atoms with Gasteiger partial charge in [-0.25, -0.2) is 0 Å². The molecule has 104 valence electrons. The number of halogens is 1. The summed E-state index contributed by atoms with van der Waals surface area (Å²) in [7, 11) is 0. The topological polar surface area (TPSA) is 55.4 Å². The van der Waals surface area contributed by atoms with Crippen molar-refractivity contribution in [3.63, 3.8) is 0 Å². The lowest BCUT2D eigenvalue weighted by Crippen LogP contribution is -2.31. The lowest BCUT2D eigenvalue weighted by Gasteiger charge is -2.11. The second-order valence-corrected chi connectivity index (χ2v) is 5.43. The molecule has 1 N–H and O–H groups in total. The number of benzene rings is 1. The number of carbonyl (C=O) groups excluding carboxylic acids is 2. The third-order valence-electron chi connectivity index (χ3n) is 2.36. The van der Waals surface area contributed by atoms with Crippen LogP contribution in [0.5, 0.6) is 5.75 Å². The Bertz CT molecular complexity index is 472. The van der Waals surface area contributed by atoms with Gasteiger partial charge in [0, 0.05) is 10.5 Å². The van der Waals surface area contributed by atoms with Crippen LogP contribution in [0.15, 0.2) is 22.7 Å². The smallest absolute Gasteiger partial charge is 0.223 e. The van der Waals surface area contributed by atoms with E-state index in [1.165, 1.54) is 6.92 Å². The number of hydrogen-bond acceptors (Lipinski definition) is 3. The van der Waals surface area contributed by atoms with E-state index in [9.17, 15) is 9.59 Å². The SMILES string of the molecule is CC(=O)c1ccc(Br)cc1OCCC(=O)NC(C)C. The zero-order chi connectivity index (χ0) is 14.4. The lowest BCUT2D eigenvalue weighted by molar-refractivity contribution is -0.122. The number of hydrogen-bond donors (Lipinski definition) is 1. The van der Waals surface area contributed by atoms with Crippen molar-refractivity contribution in [3.8, 4) is 5.75 Å². The van der Waals surface area contributed by atoms with Crippen LogP contribution in [0.25, 0.3) is 0 Å². The van der Waals surface area contributed by atoms with Gasteiger partial charge in [0.1, 0.15) is 5.75 Å². The molecule has 0 spiro atoms. The third-order valence-corrected chi connectivity index (χ3v) is 2.85. The molecule has 0 atom stereocenters. The van der Waals surface area contributed by atoms with Crippen molar-refractivity contribution in [2.45, 2.75) is 33.2 Å². The Morgan fingerprint density at radius 2 is 2.05 bits per heavy atom. The van der Waals surface area contributed by atoms with Gasteiger partial charge in [0.25, 0.3) is 0 Å². The van der Waals surface area contributed by atoms with Gasteiger partial charge in [0.05, 0.1) is 18.6 Å². The van der Waals surface area contributed by atoms with Crippen molar-refractivity contribution in [1.82, 2.24) is 5.32 Å². The highest BCUT2D eigenvalue weighted by Gasteiger charge is 2.10. The van der Waals surface area contributed by atoms with Crippen LogP contribution in [0.4, 0.5) is 0 Å². The van der Waals surface area contributed by atoms with E-state index in [0.29, 0.717) is 11.3 Å². The molecule has 0 aliphatic carbocycles. The monoisotopic (exact) mass is 327 g/mol. The van der Waals surface area contributed by atoms with Crippen LogP contribution in [-0.4, -0.2) is 24.3 Å². The average molecular weight is 328 g/mol. The van der Waals surface area contributed by atoms with E-state index in [1.807, 2.05) is 13.8 Å². The summed E-state index contributed by atoms with van der Waals surface area (Å²) in [5, 5.41) is 2.78.